The number of nitrogens with zero attached hydrogens (tertiary/aromatic N) is 1. The van der Waals surface area contributed by atoms with Crippen LogP contribution in [-0.4, -0.2) is 19.7 Å². The molecule has 146 valence electrons. The van der Waals surface area contributed by atoms with Gasteiger partial charge in [-0.1, -0.05) is 48.2 Å². The first-order valence-corrected chi connectivity index (χ1v) is 12.2. The van der Waals surface area contributed by atoms with E-state index in [0.29, 0.717) is 11.3 Å². The Kier molecular flexibility index (Phi) is 5.54. The van der Waals surface area contributed by atoms with Crippen molar-refractivity contribution in [2.24, 2.45) is 0 Å². The Morgan fingerprint density at radius 2 is 1.55 bits per heavy atom. The molecule has 0 aliphatic rings. The van der Waals surface area contributed by atoms with Crippen molar-refractivity contribution >= 4 is 32.9 Å². The maximum Gasteiger partial charge on any atom is 0.176 e. The monoisotopic (exact) mass is 441 g/mol. The van der Waals surface area contributed by atoms with Gasteiger partial charge in [-0.05, 0) is 42.5 Å². The topological polar surface area (TPSA) is 47.0 Å². The average Bonchev–Trinajstić information content (AvgIpc) is 3.12. The van der Waals surface area contributed by atoms with Crippen molar-refractivity contribution in [3.63, 3.8) is 0 Å². The SMILES string of the molecule is CS(=O)(=O)c1ccccc1-c1sc(Sc2ccccc2)nc1-c1ccc(F)cc1. The number of hydrogen-bond acceptors (Lipinski definition) is 5. The second-order valence-corrected chi connectivity index (χ2v) is 10.7. The summed E-state index contributed by atoms with van der Waals surface area (Å²) in [4.78, 5) is 6.81. The van der Waals surface area contributed by atoms with Crippen LogP contribution in [-0.2, 0) is 9.84 Å². The fourth-order valence-corrected chi connectivity index (χ4v) is 6.05. The molecular formula is C22H16FNO2S3. The summed E-state index contributed by atoms with van der Waals surface area (Å²) in [6, 6.07) is 22.8. The maximum atomic E-state index is 13.4. The Labute approximate surface area is 177 Å². The van der Waals surface area contributed by atoms with Gasteiger partial charge < -0.3 is 0 Å². The molecule has 0 radical (unpaired) electrons. The summed E-state index contributed by atoms with van der Waals surface area (Å²) < 4.78 is 38.9. The van der Waals surface area contributed by atoms with Gasteiger partial charge in [0.15, 0.2) is 14.2 Å². The van der Waals surface area contributed by atoms with Gasteiger partial charge in [-0.15, -0.1) is 11.3 Å². The van der Waals surface area contributed by atoms with Crippen molar-refractivity contribution in [2.45, 2.75) is 14.1 Å². The van der Waals surface area contributed by atoms with E-state index in [-0.39, 0.29) is 10.7 Å². The minimum atomic E-state index is -3.42. The van der Waals surface area contributed by atoms with Gasteiger partial charge in [0.2, 0.25) is 0 Å². The first kappa shape index (κ1) is 19.8. The van der Waals surface area contributed by atoms with Gasteiger partial charge in [0.25, 0.3) is 0 Å². The molecule has 0 N–H and O–H groups in total. The lowest BCUT2D eigenvalue weighted by molar-refractivity contribution is 0.602. The third-order valence-corrected chi connectivity index (χ3v) is 7.52. The van der Waals surface area contributed by atoms with Crippen molar-refractivity contribution in [2.75, 3.05) is 6.26 Å². The highest BCUT2D eigenvalue weighted by molar-refractivity contribution is 8.01. The van der Waals surface area contributed by atoms with Gasteiger partial charge in [-0.2, -0.15) is 0 Å². The summed E-state index contributed by atoms with van der Waals surface area (Å²) in [6.07, 6.45) is 1.20. The minimum absolute atomic E-state index is 0.253. The number of sulfone groups is 1. The molecular weight excluding hydrogens is 425 g/mol. The van der Waals surface area contributed by atoms with E-state index < -0.39 is 9.84 Å². The Balaban J connectivity index is 1.89. The lowest BCUT2D eigenvalue weighted by atomic mass is 10.1. The van der Waals surface area contributed by atoms with E-state index in [0.717, 1.165) is 19.7 Å². The average molecular weight is 442 g/mol. The van der Waals surface area contributed by atoms with Crippen molar-refractivity contribution < 1.29 is 12.8 Å². The standard InChI is InChI=1S/C22H16FNO2S3/c1-29(25,26)19-10-6-5-9-18(19)21-20(15-11-13-16(23)14-12-15)24-22(28-21)27-17-7-3-2-4-8-17/h2-14H,1H3. The van der Waals surface area contributed by atoms with Crippen LogP contribution < -0.4 is 0 Å². The summed E-state index contributed by atoms with van der Waals surface area (Å²) in [5, 5.41) is 0. The second-order valence-electron chi connectivity index (χ2n) is 6.35. The summed E-state index contributed by atoms with van der Waals surface area (Å²) in [5.74, 6) is -0.332. The summed E-state index contributed by atoms with van der Waals surface area (Å²) in [6.45, 7) is 0. The number of halogens is 1. The molecule has 0 spiro atoms. The predicted octanol–water partition coefficient (Wildman–Crippen LogP) is 6.17. The molecule has 3 nitrogen and oxygen atoms in total. The van der Waals surface area contributed by atoms with Crippen LogP contribution in [0.25, 0.3) is 21.7 Å². The fourth-order valence-electron chi connectivity index (χ4n) is 2.90. The van der Waals surface area contributed by atoms with E-state index in [2.05, 4.69) is 0 Å². The highest BCUT2D eigenvalue weighted by Crippen LogP contribution is 2.44. The molecule has 0 saturated carbocycles. The molecule has 0 atom stereocenters. The minimum Gasteiger partial charge on any atom is -0.229 e. The summed E-state index contributed by atoms with van der Waals surface area (Å²) in [7, 11) is -3.42. The van der Waals surface area contributed by atoms with E-state index in [4.69, 9.17) is 4.98 Å². The first-order valence-electron chi connectivity index (χ1n) is 8.71. The van der Waals surface area contributed by atoms with E-state index in [1.54, 1.807) is 30.3 Å². The lowest BCUT2D eigenvalue weighted by Crippen LogP contribution is -1.99. The molecule has 1 heterocycles. The van der Waals surface area contributed by atoms with Gasteiger partial charge in [-0.25, -0.2) is 17.8 Å². The summed E-state index contributed by atoms with van der Waals surface area (Å²) in [5.41, 5.74) is 1.98. The Morgan fingerprint density at radius 1 is 0.897 bits per heavy atom. The number of thiazole rings is 1. The normalized spacial score (nSPS) is 11.5. The quantitative estimate of drug-likeness (QED) is 0.371. The molecule has 4 rings (SSSR count). The first-order chi connectivity index (χ1) is 13.9. The van der Waals surface area contributed by atoms with E-state index in [1.807, 2.05) is 36.4 Å². The van der Waals surface area contributed by atoms with E-state index in [9.17, 15) is 12.8 Å². The molecule has 1 aromatic heterocycles. The van der Waals surface area contributed by atoms with Gasteiger partial charge in [0.1, 0.15) is 5.82 Å². The van der Waals surface area contributed by atoms with Crippen molar-refractivity contribution in [1.82, 2.24) is 4.98 Å². The zero-order valence-corrected chi connectivity index (χ0v) is 17.8. The third-order valence-electron chi connectivity index (χ3n) is 4.20. The van der Waals surface area contributed by atoms with Crippen LogP contribution in [0, 0.1) is 5.82 Å². The van der Waals surface area contributed by atoms with Crippen LogP contribution in [0.1, 0.15) is 0 Å². The van der Waals surface area contributed by atoms with Crippen LogP contribution in [0.2, 0.25) is 0 Å². The largest absolute Gasteiger partial charge is 0.229 e. The van der Waals surface area contributed by atoms with Crippen molar-refractivity contribution in [3.8, 4) is 21.7 Å². The van der Waals surface area contributed by atoms with E-state index in [1.165, 1.54) is 41.5 Å². The van der Waals surface area contributed by atoms with Gasteiger partial charge >= 0.3 is 0 Å². The summed E-state index contributed by atoms with van der Waals surface area (Å²) >= 11 is 2.94. The third kappa shape index (κ3) is 4.42. The lowest BCUT2D eigenvalue weighted by Gasteiger charge is -2.08. The smallest absolute Gasteiger partial charge is 0.176 e. The van der Waals surface area contributed by atoms with Crippen molar-refractivity contribution in [3.05, 3.63) is 84.7 Å². The van der Waals surface area contributed by atoms with Crippen LogP contribution in [0.15, 0.2) is 93.0 Å². The molecule has 4 aromatic rings. The van der Waals surface area contributed by atoms with Crippen LogP contribution >= 0.6 is 23.1 Å². The number of hydrogen-bond donors (Lipinski definition) is 0. The molecule has 0 aliphatic carbocycles. The van der Waals surface area contributed by atoms with Gasteiger partial charge in [0, 0.05) is 22.3 Å². The van der Waals surface area contributed by atoms with Crippen molar-refractivity contribution in [1.29, 1.82) is 0 Å². The number of aromatic nitrogens is 1. The number of rotatable bonds is 5. The molecule has 0 bridgehead atoms. The molecule has 3 aromatic carbocycles. The molecule has 29 heavy (non-hydrogen) atoms. The highest BCUT2D eigenvalue weighted by Gasteiger charge is 2.21. The molecule has 7 heteroatoms. The number of benzene rings is 3. The molecule has 0 fully saturated rings. The zero-order valence-electron chi connectivity index (χ0n) is 15.4. The predicted molar refractivity (Wildman–Crippen MR) is 117 cm³/mol. The molecule has 0 unspecified atom stereocenters. The molecule has 0 saturated heterocycles. The Hall–Kier alpha value is -2.48. The van der Waals surface area contributed by atoms with Gasteiger partial charge in [-0.3, -0.25) is 0 Å². The van der Waals surface area contributed by atoms with Crippen LogP contribution in [0.5, 0.6) is 0 Å². The molecule has 0 amide bonds. The van der Waals surface area contributed by atoms with E-state index >= 15 is 0 Å². The highest BCUT2D eigenvalue weighted by atomic mass is 32.2. The van der Waals surface area contributed by atoms with Gasteiger partial charge in [0.05, 0.1) is 15.5 Å². The Morgan fingerprint density at radius 3 is 2.24 bits per heavy atom. The fraction of sp³-hybridized carbons (Fsp3) is 0.0455. The second kappa shape index (κ2) is 8.10. The maximum absolute atomic E-state index is 13.4. The zero-order chi connectivity index (χ0) is 20.4. The van der Waals surface area contributed by atoms with Crippen LogP contribution in [0.4, 0.5) is 4.39 Å². The van der Waals surface area contributed by atoms with Crippen LogP contribution in [0.3, 0.4) is 0 Å². The molecule has 0 aliphatic heterocycles. The Bertz CT molecular complexity index is 1250.